The van der Waals surface area contributed by atoms with Gasteiger partial charge in [-0.15, -0.1) is 0 Å². The number of amides is 1. The summed E-state index contributed by atoms with van der Waals surface area (Å²) in [7, 11) is 0. The van der Waals surface area contributed by atoms with Gasteiger partial charge >= 0.3 is 5.97 Å². The Morgan fingerprint density at radius 1 is 0.287 bits per heavy atom. The van der Waals surface area contributed by atoms with E-state index in [4.69, 9.17) is 4.74 Å². The molecule has 0 radical (unpaired) electrons. The van der Waals surface area contributed by atoms with Crippen LogP contribution in [-0.2, 0) is 14.3 Å². The van der Waals surface area contributed by atoms with Crippen LogP contribution in [0, 0.1) is 0 Å². The van der Waals surface area contributed by atoms with Crippen LogP contribution in [0.15, 0.2) is 12.2 Å². The van der Waals surface area contributed by atoms with Crippen molar-refractivity contribution >= 4 is 11.9 Å². The highest BCUT2D eigenvalue weighted by atomic mass is 16.5. The van der Waals surface area contributed by atoms with E-state index >= 15 is 0 Å². The smallest absolute Gasteiger partial charge is 0.305 e. The number of esters is 1. The van der Waals surface area contributed by atoms with Crippen molar-refractivity contribution in [3.05, 3.63) is 12.2 Å². The van der Waals surface area contributed by atoms with Crippen LogP contribution in [0.1, 0.15) is 515 Å². The second kappa shape index (κ2) is 84.0. The Hall–Kier alpha value is -1.40. The minimum Gasteiger partial charge on any atom is -0.466 e. The van der Waals surface area contributed by atoms with E-state index in [0.717, 1.165) is 38.5 Å². The molecule has 0 aliphatic rings. The Balaban J connectivity index is 3.33. The van der Waals surface area contributed by atoms with E-state index in [9.17, 15) is 19.8 Å². The van der Waals surface area contributed by atoms with Crippen LogP contribution in [0.5, 0.6) is 0 Å². The molecule has 0 aliphatic carbocycles. The minimum absolute atomic E-state index is 0.0247. The summed E-state index contributed by atoms with van der Waals surface area (Å²) >= 11 is 0. The molecular formula is C88H173NO5. The molecule has 3 N–H and O–H groups in total. The summed E-state index contributed by atoms with van der Waals surface area (Å²) in [5.74, 6) is 0.00154. The number of rotatable bonds is 84. The van der Waals surface area contributed by atoms with Gasteiger partial charge in [0.05, 0.1) is 25.4 Å². The van der Waals surface area contributed by atoms with Crippen molar-refractivity contribution in [2.45, 2.75) is 527 Å². The van der Waals surface area contributed by atoms with Crippen LogP contribution in [0.4, 0.5) is 0 Å². The number of allylic oxidation sites excluding steroid dienone is 2. The van der Waals surface area contributed by atoms with Gasteiger partial charge in [-0.25, -0.2) is 0 Å². The molecular weight excluding hydrogens is 1150 g/mol. The van der Waals surface area contributed by atoms with E-state index in [0.29, 0.717) is 25.9 Å². The number of hydrogen-bond donors (Lipinski definition) is 3. The lowest BCUT2D eigenvalue weighted by molar-refractivity contribution is -0.143. The molecule has 0 saturated heterocycles. The molecule has 0 fully saturated rings. The fourth-order valence-electron chi connectivity index (χ4n) is 14.4. The van der Waals surface area contributed by atoms with E-state index < -0.39 is 12.1 Å². The van der Waals surface area contributed by atoms with E-state index in [-0.39, 0.29) is 18.5 Å². The van der Waals surface area contributed by atoms with E-state index in [1.54, 1.807) is 0 Å². The van der Waals surface area contributed by atoms with Crippen LogP contribution in [0.2, 0.25) is 0 Å². The normalized spacial score (nSPS) is 12.4. The highest BCUT2D eigenvalue weighted by molar-refractivity contribution is 5.76. The maximum Gasteiger partial charge on any atom is 0.305 e. The lowest BCUT2D eigenvalue weighted by Crippen LogP contribution is -2.45. The van der Waals surface area contributed by atoms with Gasteiger partial charge in [0.2, 0.25) is 5.91 Å². The topological polar surface area (TPSA) is 95.9 Å². The predicted molar refractivity (Wildman–Crippen MR) is 417 cm³/mol. The monoisotopic (exact) mass is 1320 g/mol. The summed E-state index contributed by atoms with van der Waals surface area (Å²) in [6, 6.07) is -0.540. The van der Waals surface area contributed by atoms with Crippen molar-refractivity contribution in [2.75, 3.05) is 13.2 Å². The molecule has 0 aliphatic heterocycles. The quantitative estimate of drug-likeness (QED) is 0.0320. The molecule has 6 nitrogen and oxygen atoms in total. The summed E-state index contributed by atoms with van der Waals surface area (Å²) in [5, 5.41) is 23.5. The van der Waals surface area contributed by atoms with Gasteiger partial charge in [-0.05, 0) is 51.4 Å². The summed E-state index contributed by atoms with van der Waals surface area (Å²) in [6.45, 7) is 5.03. The molecule has 0 bridgehead atoms. The van der Waals surface area contributed by atoms with Crippen LogP contribution in [-0.4, -0.2) is 47.4 Å². The van der Waals surface area contributed by atoms with Gasteiger partial charge in [-0.1, -0.05) is 463 Å². The van der Waals surface area contributed by atoms with E-state index in [2.05, 4.69) is 31.3 Å². The summed E-state index contributed by atoms with van der Waals surface area (Å²) < 4.78 is 5.52. The van der Waals surface area contributed by atoms with Crippen molar-refractivity contribution in [1.82, 2.24) is 5.32 Å². The van der Waals surface area contributed by atoms with Gasteiger partial charge in [-0.2, -0.15) is 0 Å². The first-order valence-corrected chi connectivity index (χ1v) is 43.9. The molecule has 94 heavy (non-hydrogen) atoms. The zero-order valence-corrected chi connectivity index (χ0v) is 64.5. The van der Waals surface area contributed by atoms with Crippen LogP contribution >= 0.6 is 0 Å². The number of carbonyl (C=O) groups excluding carboxylic acids is 2. The molecule has 560 valence electrons. The maximum absolute atomic E-state index is 12.6. The van der Waals surface area contributed by atoms with Crippen LogP contribution < -0.4 is 5.32 Å². The average Bonchev–Trinajstić information content (AvgIpc) is 3.63. The zero-order chi connectivity index (χ0) is 67.7. The lowest BCUT2D eigenvalue weighted by atomic mass is 10.0. The Morgan fingerprint density at radius 2 is 0.500 bits per heavy atom. The number of unbranched alkanes of at least 4 members (excludes halogenated alkanes) is 71. The standard InChI is InChI=1S/C88H173NO5/c1-3-5-7-9-11-13-15-17-19-21-23-24-25-39-42-45-48-52-56-60-64-68-72-76-80-86(91)85(84-90)89-87(92)81-77-73-69-65-61-57-53-49-46-43-40-37-35-33-31-29-27-26-28-30-32-34-36-38-41-44-47-51-55-59-63-67-71-75-79-83-94-88(93)82-78-74-70-66-62-58-54-50-22-20-18-16-14-12-10-8-6-4-2/h28,30,85-86,90-91H,3-27,29,31-84H2,1-2H3,(H,89,92)/b30-28-. The van der Waals surface area contributed by atoms with Crippen molar-refractivity contribution in [3.63, 3.8) is 0 Å². The fourth-order valence-corrected chi connectivity index (χ4v) is 14.4. The number of nitrogens with one attached hydrogen (secondary N) is 1. The molecule has 6 heteroatoms. The molecule has 0 saturated carbocycles. The third-order valence-corrected chi connectivity index (χ3v) is 21.1. The Morgan fingerprint density at radius 3 is 0.755 bits per heavy atom. The van der Waals surface area contributed by atoms with Gasteiger partial charge in [-0.3, -0.25) is 9.59 Å². The van der Waals surface area contributed by atoms with Crippen molar-refractivity contribution in [2.24, 2.45) is 0 Å². The predicted octanol–water partition coefficient (Wildman–Crippen LogP) is 29.4. The fraction of sp³-hybridized carbons (Fsp3) is 0.955. The molecule has 2 unspecified atom stereocenters. The Kier molecular flexibility index (Phi) is 82.8. The number of ether oxygens (including phenoxy) is 1. The Bertz CT molecular complexity index is 1430. The van der Waals surface area contributed by atoms with Gasteiger partial charge in [0.15, 0.2) is 0 Å². The highest BCUT2D eigenvalue weighted by Gasteiger charge is 2.20. The molecule has 0 aromatic carbocycles. The number of carbonyl (C=O) groups is 2. The molecule has 0 rings (SSSR count). The molecule has 0 spiro atoms. The van der Waals surface area contributed by atoms with Gasteiger partial charge in [0, 0.05) is 12.8 Å². The van der Waals surface area contributed by atoms with Gasteiger partial charge in [0.25, 0.3) is 0 Å². The van der Waals surface area contributed by atoms with Crippen molar-refractivity contribution in [3.8, 4) is 0 Å². The molecule has 0 heterocycles. The summed E-state index contributed by atoms with van der Waals surface area (Å²) in [5.41, 5.74) is 0. The van der Waals surface area contributed by atoms with Crippen molar-refractivity contribution < 1.29 is 24.5 Å². The SMILES string of the molecule is CCCCCCCCCCCCCCCCCCCCCCCCCCC(O)C(CO)NC(=O)CCCCCCCCCCCCCCCCCCC/C=C\CCCCCCCCCCCCCCCCOC(=O)CCCCCCCCCCCCCCCCCCCC. The summed E-state index contributed by atoms with van der Waals surface area (Å²) in [4.78, 5) is 24.7. The van der Waals surface area contributed by atoms with Gasteiger partial charge < -0.3 is 20.3 Å². The number of hydrogen-bond acceptors (Lipinski definition) is 5. The van der Waals surface area contributed by atoms with Crippen molar-refractivity contribution in [1.29, 1.82) is 0 Å². The molecule has 0 aromatic heterocycles. The second-order valence-corrected chi connectivity index (χ2v) is 30.6. The first-order valence-electron chi connectivity index (χ1n) is 43.9. The number of aliphatic hydroxyl groups excluding tert-OH is 2. The lowest BCUT2D eigenvalue weighted by Gasteiger charge is -2.22. The first-order chi connectivity index (χ1) is 46.5. The van der Waals surface area contributed by atoms with Crippen LogP contribution in [0.25, 0.3) is 0 Å². The Labute approximate surface area is 590 Å². The zero-order valence-electron chi connectivity index (χ0n) is 64.5. The van der Waals surface area contributed by atoms with E-state index in [1.807, 2.05) is 0 Å². The highest BCUT2D eigenvalue weighted by Crippen LogP contribution is 2.21. The molecule has 2 atom stereocenters. The third-order valence-electron chi connectivity index (χ3n) is 21.1. The second-order valence-electron chi connectivity index (χ2n) is 30.6. The largest absolute Gasteiger partial charge is 0.466 e. The van der Waals surface area contributed by atoms with E-state index in [1.165, 1.54) is 443 Å². The molecule has 1 amide bonds. The van der Waals surface area contributed by atoms with Gasteiger partial charge in [0.1, 0.15) is 0 Å². The maximum atomic E-state index is 12.6. The molecule has 0 aromatic rings. The third kappa shape index (κ3) is 79.6. The first kappa shape index (κ1) is 92.6. The average molecular weight is 1330 g/mol. The van der Waals surface area contributed by atoms with Crippen LogP contribution in [0.3, 0.4) is 0 Å². The minimum atomic E-state index is -0.663. The summed E-state index contributed by atoms with van der Waals surface area (Å²) in [6.07, 6.45) is 108. The number of aliphatic hydroxyl groups is 2.